The van der Waals surface area contributed by atoms with Gasteiger partial charge in [-0.25, -0.2) is 22.5 Å². The molecule has 5 nitrogen and oxygen atoms in total. The number of hydrogen-bond acceptors (Lipinski definition) is 5. The lowest BCUT2D eigenvalue weighted by Gasteiger charge is -2.07. The molecule has 0 saturated heterocycles. The number of thiazole rings is 1. The quantitative estimate of drug-likeness (QED) is 0.825. The molecule has 0 aliphatic rings. The highest BCUT2D eigenvalue weighted by molar-refractivity contribution is 7.89. The maximum Gasteiger partial charge on any atom is 0.243 e. The Morgan fingerprint density at radius 1 is 1.45 bits per heavy atom. The highest BCUT2D eigenvalue weighted by atomic mass is 32.2. The lowest BCUT2D eigenvalue weighted by atomic mass is 10.3. The van der Waals surface area contributed by atoms with Crippen LogP contribution < -0.4 is 10.5 Å². The highest BCUT2D eigenvalue weighted by Gasteiger charge is 2.19. The third-order valence-corrected chi connectivity index (χ3v) is 5.17. The topological polar surface area (TPSA) is 85.1 Å². The van der Waals surface area contributed by atoms with E-state index in [1.165, 1.54) is 17.4 Å². The van der Waals surface area contributed by atoms with Crippen molar-refractivity contribution in [3.05, 3.63) is 40.1 Å². The summed E-state index contributed by atoms with van der Waals surface area (Å²) in [5, 5.41) is 0.634. The van der Waals surface area contributed by atoms with E-state index in [9.17, 15) is 12.8 Å². The van der Waals surface area contributed by atoms with Gasteiger partial charge in [0.2, 0.25) is 10.0 Å². The van der Waals surface area contributed by atoms with Gasteiger partial charge in [-0.3, -0.25) is 0 Å². The first kappa shape index (κ1) is 14.9. The molecular formula is C12H14FN3O2S2. The first-order valence-corrected chi connectivity index (χ1v) is 8.20. The summed E-state index contributed by atoms with van der Waals surface area (Å²) in [4.78, 5) is 4.71. The Bertz CT molecular complexity index is 713. The zero-order valence-electron chi connectivity index (χ0n) is 10.8. The van der Waals surface area contributed by atoms with Crippen LogP contribution in [0.15, 0.2) is 29.3 Å². The molecule has 8 heteroatoms. The number of rotatable bonds is 5. The van der Waals surface area contributed by atoms with Crippen LogP contribution >= 0.6 is 11.3 Å². The normalized spacial score (nSPS) is 11.7. The van der Waals surface area contributed by atoms with Gasteiger partial charge in [-0.15, -0.1) is 11.3 Å². The summed E-state index contributed by atoms with van der Waals surface area (Å²) < 4.78 is 39.9. The van der Waals surface area contributed by atoms with E-state index in [0.717, 1.165) is 23.4 Å². The summed E-state index contributed by atoms with van der Waals surface area (Å²) in [5.41, 5.74) is 5.67. The Morgan fingerprint density at radius 2 is 2.20 bits per heavy atom. The van der Waals surface area contributed by atoms with Gasteiger partial charge in [0, 0.05) is 16.8 Å². The summed E-state index contributed by atoms with van der Waals surface area (Å²) >= 11 is 1.42. The van der Waals surface area contributed by atoms with Crippen LogP contribution in [0.25, 0.3) is 0 Å². The minimum atomic E-state index is -3.95. The number of halogens is 1. The maximum atomic E-state index is 13.6. The van der Waals surface area contributed by atoms with Crippen LogP contribution in [0.3, 0.4) is 0 Å². The number of aromatic nitrogens is 1. The van der Waals surface area contributed by atoms with Crippen LogP contribution in [0.5, 0.6) is 0 Å². The number of hydrogen-bond donors (Lipinski definition) is 2. The first-order chi connectivity index (χ1) is 9.42. The van der Waals surface area contributed by atoms with Crippen LogP contribution in [-0.2, 0) is 23.0 Å². The predicted octanol–water partition coefficient (Wildman–Crippen LogP) is 1.91. The molecule has 1 aromatic heterocycles. The van der Waals surface area contributed by atoms with E-state index in [-0.39, 0.29) is 12.2 Å². The van der Waals surface area contributed by atoms with E-state index in [4.69, 9.17) is 5.73 Å². The van der Waals surface area contributed by atoms with Gasteiger partial charge in [0.05, 0.1) is 6.54 Å². The summed E-state index contributed by atoms with van der Waals surface area (Å²) in [6.45, 7) is 2.02. The zero-order valence-corrected chi connectivity index (χ0v) is 12.4. The molecule has 0 fully saturated rings. The lowest BCUT2D eigenvalue weighted by Crippen LogP contribution is -2.24. The molecule has 0 bridgehead atoms. The molecule has 1 aromatic carbocycles. The third-order valence-electron chi connectivity index (χ3n) is 2.61. The van der Waals surface area contributed by atoms with Crippen LogP contribution in [0.2, 0.25) is 0 Å². The molecule has 0 radical (unpaired) electrons. The van der Waals surface area contributed by atoms with Crippen LogP contribution in [0.1, 0.15) is 16.8 Å². The Hall–Kier alpha value is -1.51. The Labute approximate surface area is 120 Å². The number of nitrogens with one attached hydrogen (secondary N) is 1. The Kier molecular flexibility index (Phi) is 4.36. The van der Waals surface area contributed by atoms with Crippen LogP contribution in [0, 0.1) is 5.82 Å². The van der Waals surface area contributed by atoms with Gasteiger partial charge in [-0.2, -0.15) is 0 Å². The Balaban J connectivity index is 2.17. The molecule has 0 aliphatic carbocycles. The average Bonchev–Trinajstić information content (AvgIpc) is 2.87. The smallest absolute Gasteiger partial charge is 0.243 e. The van der Waals surface area contributed by atoms with Gasteiger partial charge < -0.3 is 5.73 Å². The SMILES string of the molecule is CCc1cnc(CNS(=O)(=O)c2cc(N)ccc2F)s1. The number of nitrogens with zero attached hydrogens (tertiary/aromatic N) is 1. The molecule has 1 heterocycles. The third kappa shape index (κ3) is 3.33. The zero-order chi connectivity index (χ0) is 14.8. The number of sulfonamides is 1. The molecule has 0 aliphatic heterocycles. The summed E-state index contributed by atoms with van der Waals surface area (Å²) in [6.07, 6.45) is 2.55. The second-order valence-corrected chi connectivity index (χ2v) is 7.02. The van der Waals surface area contributed by atoms with E-state index in [1.807, 2.05) is 6.92 Å². The number of anilines is 1. The number of nitrogen functional groups attached to an aromatic ring is 1. The second-order valence-electron chi connectivity index (χ2n) is 4.09. The van der Waals surface area contributed by atoms with Crippen molar-refractivity contribution < 1.29 is 12.8 Å². The van der Waals surface area contributed by atoms with Crippen molar-refractivity contribution in [2.45, 2.75) is 24.8 Å². The Morgan fingerprint density at radius 3 is 2.85 bits per heavy atom. The maximum absolute atomic E-state index is 13.6. The molecule has 2 aromatic rings. The summed E-state index contributed by atoms with van der Waals surface area (Å²) in [5.74, 6) is -0.833. The summed E-state index contributed by atoms with van der Waals surface area (Å²) in [7, 11) is -3.95. The predicted molar refractivity (Wildman–Crippen MR) is 76.3 cm³/mol. The van der Waals surface area contributed by atoms with E-state index in [2.05, 4.69) is 9.71 Å². The minimum absolute atomic E-state index is 0.0290. The van der Waals surface area contributed by atoms with Crippen molar-refractivity contribution in [2.24, 2.45) is 0 Å². The van der Waals surface area contributed by atoms with Gasteiger partial charge >= 0.3 is 0 Å². The van der Waals surface area contributed by atoms with E-state index >= 15 is 0 Å². The van der Waals surface area contributed by atoms with Crippen molar-refractivity contribution in [3.63, 3.8) is 0 Å². The largest absolute Gasteiger partial charge is 0.399 e. The molecule has 0 spiro atoms. The van der Waals surface area contributed by atoms with Gasteiger partial charge in [-0.05, 0) is 24.6 Å². The second kappa shape index (κ2) is 5.86. The van der Waals surface area contributed by atoms with Crippen molar-refractivity contribution in [3.8, 4) is 0 Å². The van der Waals surface area contributed by atoms with Crippen molar-refractivity contribution in [2.75, 3.05) is 5.73 Å². The molecule has 0 atom stereocenters. The first-order valence-electron chi connectivity index (χ1n) is 5.90. The van der Waals surface area contributed by atoms with Crippen molar-refractivity contribution in [1.29, 1.82) is 0 Å². The molecule has 0 unspecified atom stereocenters. The minimum Gasteiger partial charge on any atom is -0.399 e. The molecule has 0 amide bonds. The van der Waals surface area contributed by atoms with Gasteiger partial charge in [0.1, 0.15) is 15.7 Å². The molecule has 108 valence electrons. The lowest BCUT2D eigenvalue weighted by molar-refractivity contribution is 0.557. The van der Waals surface area contributed by atoms with Gasteiger partial charge in [0.25, 0.3) is 0 Å². The van der Waals surface area contributed by atoms with Crippen LogP contribution in [0.4, 0.5) is 10.1 Å². The van der Waals surface area contributed by atoms with Crippen molar-refractivity contribution in [1.82, 2.24) is 9.71 Å². The van der Waals surface area contributed by atoms with Crippen LogP contribution in [-0.4, -0.2) is 13.4 Å². The highest BCUT2D eigenvalue weighted by Crippen LogP contribution is 2.19. The standard InChI is InChI=1S/C12H14FN3O2S2/c1-2-9-6-15-12(19-9)7-16-20(17,18)11-5-8(14)3-4-10(11)13/h3-6,16H,2,7,14H2,1H3. The monoisotopic (exact) mass is 315 g/mol. The fraction of sp³-hybridized carbons (Fsp3) is 0.250. The molecule has 3 N–H and O–H groups in total. The summed E-state index contributed by atoms with van der Waals surface area (Å²) in [6, 6.07) is 3.43. The van der Waals surface area contributed by atoms with Gasteiger partial charge in [0.15, 0.2) is 0 Å². The van der Waals surface area contributed by atoms with E-state index < -0.39 is 20.7 Å². The molecule has 0 saturated carbocycles. The fourth-order valence-electron chi connectivity index (χ4n) is 1.55. The average molecular weight is 315 g/mol. The number of benzene rings is 1. The number of nitrogens with two attached hydrogens (primary N) is 1. The van der Waals surface area contributed by atoms with Gasteiger partial charge in [-0.1, -0.05) is 6.92 Å². The molecule has 20 heavy (non-hydrogen) atoms. The fourth-order valence-corrected chi connectivity index (χ4v) is 3.55. The van der Waals surface area contributed by atoms with E-state index in [0.29, 0.717) is 5.01 Å². The van der Waals surface area contributed by atoms with E-state index in [1.54, 1.807) is 6.20 Å². The van der Waals surface area contributed by atoms with Crippen molar-refractivity contribution >= 4 is 27.0 Å². The number of aryl methyl sites for hydroxylation is 1. The molecular weight excluding hydrogens is 301 g/mol. The molecule has 2 rings (SSSR count).